The van der Waals surface area contributed by atoms with Crippen LogP contribution in [0.4, 0.5) is 0 Å². The van der Waals surface area contributed by atoms with Crippen LogP contribution in [0.5, 0.6) is 11.5 Å². The van der Waals surface area contributed by atoms with E-state index >= 15 is 0 Å². The van der Waals surface area contributed by atoms with Crippen LogP contribution in [0, 0.1) is 5.92 Å². The van der Waals surface area contributed by atoms with Crippen molar-refractivity contribution in [1.29, 1.82) is 0 Å². The zero-order valence-corrected chi connectivity index (χ0v) is 16.8. The second-order valence-electron chi connectivity index (χ2n) is 7.77. The van der Waals surface area contributed by atoms with Gasteiger partial charge in [0.2, 0.25) is 6.79 Å². The molecule has 0 radical (unpaired) electrons. The van der Waals surface area contributed by atoms with Gasteiger partial charge in [-0.2, -0.15) is 0 Å². The zero-order chi connectivity index (χ0) is 19.3. The summed E-state index contributed by atoms with van der Waals surface area (Å²) in [4.78, 5) is 22.8. The molecule has 1 aliphatic heterocycles. The number of nitrogens with zero attached hydrogens (tertiary/aromatic N) is 1. The fraction of sp³-hybridized carbons (Fsp3) is 0.429. The Morgan fingerprint density at radius 1 is 1.36 bits per heavy atom. The molecule has 0 unspecified atom stereocenters. The summed E-state index contributed by atoms with van der Waals surface area (Å²) in [5, 5.41) is 4.25. The van der Waals surface area contributed by atoms with Gasteiger partial charge in [-0.15, -0.1) is 11.3 Å². The number of thiophene rings is 1. The van der Waals surface area contributed by atoms with Gasteiger partial charge in [-0.05, 0) is 55.4 Å². The average molecular weight is 398 g/mol. The largest absolute Gasteiger partial charge is 0.454 e. The molecule has 146 valence electrons. The van der Waals surface area contributed by atoms with E-state index in [1.807, 2.05) is 25.1 Å². The molecule has 0 spiro atoms. The first kappa shape index (κ1) is 17.7. The Labute approximate surface area is 166 Å². The highest BCUT2D eigenvalue weighted by Crippen LogP contribution is 2.36. The molecule has 2 atom stereocenters. The molecule has 3 heterocycles. The van der Waals surface area contributed by atoms with Crippen molar-refractivity contribution in [2.45, 2.75) is 45.7 Å². The molecule has 0 amide bonds. The van der Waals surface area contributed by atoms with E-state index in [1.165, 1.54) is 10.4 Å². The summed E-state index contributed by atoms with van der Waals surface area (Å²) >= 11 is 1.69. The number of aromatic nitrogens is 2. The van der Waals surface area contributed by atoms with Crippen LogP contribution in [0.25, 0.3) is 10.2 Å². The number of ether oxygens (including phenoxy) is 2. The van der Waals surface area contributed by atoms with Crippen LogP contribution in [-0.2, 0) is 19.4 Å². The molecule has 1 aromatic carbocycles. The minimum atomic E-state index is -0.0689. The number of hydrogen-bond donors (Lipinski definition) is 2. The maximum absolute atomic E-state index is 12.8. The van der Waals surface area contributed by atoms with Crippen molar-refractivity contribution in [3.8, 4) is 11.5 Å². The third kappa shape index (κ3) is 3.08. The van der Waals surface area contributed by atoms with Gasteiger partial charge in [0.05, 0.1) is 11.4 Å². The molecule has 2 aromatic heterocycles. The Morgan fingerprint density at radius 3 is 3.11 bits per heavy atom. The molecular formula is C21H23N3O3S. The number of fused-ring (bicyclic) bond motifs is 4. The van der Waals surface area contributed by atoms with Gasteiger partial charge in [0.25, 0.3) is 5.56 Å². The molecular weight excluding hydrogens is 374 g/mol. The van der Waals surface area contributed by atoms with Crippen LogP contribution in [0.3, 0.4) is 0 Å². The third-order valence-corrected chi connectivity index (χ3v) is 6.79. The summed E-state index contributed by atoms with van der Waals surface area (Å²) in [5.41, 5.74) is 2.31. The molecule has 5 rings (SSSR count). The summed E-state index contributed by atoms with van der Waals surface area (Å²) in [6.07, 6.45) is 3.19. The fourth-order valence-electron chi connectivity index (χ4n) is 3.99. The van der Waals surface area contributed by atoms with E-state index < -0.39 is 0 Å². The standard InChI is InChI=1S/C21H23N3O3S/c1-11-3-5-14-17(7-11)28-21-18(14)20(25)23-19(24-21)12(2)22-9-13-4-6-15-16(8-13)27-10-26-15/h4,6,8,11-12,22H,3,5,7,9-10H2,1-2H3,(H,23,24,25)/t11-,12-/m0/s1. The molecule has 2 aliphatic rings. The minimum Gasteiger partial charge on any atom is -0.454 e. The summed E-state index contributed by atoms with van der Waals surface area (Å²) in [6.45, 7) is 5.22. The molecule has 0 bridgehead atoms. The van der Waals surface area contributed by atoms with E-state index in [4.69, 9.17) is 14.5 Å². The average Bonchev–Trinajstić information content (AvgIpc) is 3.29. The number of hydrogen-bond acceptors (Lipinski definition) is 6. The number of H-pyrrole nitrogens is 1. The lowest BCUT2D eigenvalue weighted by atomic mass is 9.89. The highest BCUT2D eigenvalue weighted by atomic mass is 32.1. The smallest absolute Gasteiger partial charge is 0.259 e. The van der Waals surface area contributed by atoms with Crippen molar-refractivity contribution in [3.63, 3.8) is 0 Å². The fourth-order valence-corrected chi connectivity index (χ4v) is 5.38. The van der Waals surface area contributed by atoms with Crippen LogP contribution in [0.15, 0.2) is 23.0 Å². The van der Waals surface area contributed by atoms with E-state index in [0.717, 1.165) is 46.5 Å². The summed E-state index contributed by atoms with van der Waals surface area (Å²) < 4.78 is 10.8. The van der Waals surface area contributed by atoms with Gasteiger partial charge in [0.15, 0.2) is 11.5 Å². The van der Waals surface area contributed by atoms with E-state index in [0.29, 0.717) is 18.3 Å². The van der Waals surface area contributed by atoms with Crippen molar-refractivity contribution in [3.05, 3.63) is 50.4 Å². The molecule has 2 N–H and O–H groups in total. The Balaban J connectivity index is 1.37. The number of rotatable bonds is 4. The van der Waals surface area contributed by atoms with Gasteiger partial charge in [-0.3, -0.25) is 4.79 Å². The highest BCUT2D eigenvalue weighted by molar-refractivity contribution is 7.18. The second-order valence-corrected chi connectivity index (χ2v) is 8.86. The summed E-state index contributed by atoms with van der Waals surface area (Å²) in [5.74, 6) is 2.92. The Bertz CT molecular complexity index is 1100. The lowest BCUT2D eigenvalue weighted by Crippen LogP contribution is -2.23. The number of benzene rings is 1. The van der Waals surface area contributed by atoms with Crippen molar-refractivity contribution < 1.29 is 9.47 Å². The van der Waals surface area contributed by atoms with Crippen molar-refractivity contribution in [2.75, 3.05) is 6.79 Å². The monoisotopic (exact) mass is 397 g/mol. The third-order valence-electron chi connectivity index (χ3n) is 5.64. The van der Waals surface area contributed by atoms with Gasteiger partial charge in [-0.1, -0.05) is 13.0 Å². The van der Waals surface area contributed by atoms with Crippen LogP contribution in [0.2, 0.25) is 0 Å². The first-order chi connectivity index (χ1) is 13.6. The van der Waals surface area contributed by atoms with Crippen LogP contribution in [0.1, 0.15) is 48.1 Å². The summed E-state index contributed by atoms with van der Waals surface area (Å²) in [6, 6.07) is 5.85. The van der Waals surface area contributed by atoms with E-state index in [1.54, 1.807) is 11.3 Å². The lowest BCUT2D eigenvalue weighted by Gasteiger charge is -2.17. The Hall–Kier alpha value is -2.38. The molecule has 0 fully saturated rings. The quantitative estimate of drug-likeness (QED) is 0.702. The minimum absolute atomic E-state index is 0.0104. The van der Waals surface area contributed by atoms with E-state index in [-0.39, 0.29) is 18.4 Å². The first-order valence-corrected chi connectivity index (χ1v) is 10.6. The van der Waals surface area contributed by atoms with Crippen LogP contribution >= 0.6 is 11.3 Å². The van der Waals surface area contributed by atoms with E-state index in [2.05, 4.69) is 17.2 Å². The van der Waals surface area contributed by atoms with E-state index in [9.17, 15) is 4.79 Å². The summed E-state index contributed by atoms with van der Waals surface area (Å²) in [7, 11) is 0. The molecule has 28 heavy (non-hydrogen) atoms. The zero-order valence-electron chi connectivity index (χ0n) is 16.0. The SMILES string of the molecule is C[C@H]1CCc2c(sc3nc([C@H](C)NCc4ccc5c(c4)OCO5)[nH]c(=O)c23)C1. The number of aryl methyl sites for hydroxylation is 1. The first-order valence-electron chi connectivity index (χ1n) is 9.75. The molecule has 0 saturated heterocycles. The second kappa shape index (κ2) is 6.90. The van der Waals surface area contributed by atoms with Gasteiger partial charge in [-0.25, -0.2) is 4.98 Å². The van der Waals surface area contributed by atoms with Crippen molar-refractivity contribution in [2.24, 2.45) is 5.92 Å². The number of nitrogens with one attached hydrogen (secondary N) is 2. The maximum Gasteiger partial charge on any atom is 0.259 e. The van der Waals surface area contributed by atoms with Gasteiger partial charge in [0, 0.05) is 11.4 Å². The van der Waals surface area contributed by atoms with Crippen LogP contribution < -0.4 is 20.3 Å². The predicted octanol–water partition coefficient (Wildman–Crippen LogP) is 3.69. The normalized spacial score (nSPS) is 19.0. The molecule has 6 nitrogen and oxygen atoms in total. The van der Waals surface area contributed by atoms with Gasteiger partial charge < -0.3 is 19.8 Å². The van der Waals surface area contributed by atoms with Crippen LogP contribution in [-0.4, -0.2) is 16.8 Å². The molecule has 1 aliphatic carbocycles. The Morgan fingerprint density at radius 2 is 2.21 bits per heavy atom. The Kier molecular flexibility index (Phi) is 4.36. The number of aromatic amines is 1. The molecule has 3 aromatic rings. The molecule has 7 heteroatoms. The molecule has 0 saturated carbocycles. The maximum atomic E-state index is 12.8. The van der Waals surface area contributed by atoms with Gasteiger partial charge in [0.1, 0.15) is 10.7 Å². The predicted molar refractivity (Wildman–Crippen MR) is 109 cm³/mol. The topological polar surface area (TPSA) is 76.2 Å². The highest BCUT2D eigenvalue weighted by Gasteiger charge is 2.23. The van der Waals surface area contributed by atoms with Crippen molar-refractivity contribution >= 4 is 21.6 Å². The van der Waals surface area contributed by atoms with Crippen molar-refractivity contribution in [1.82, 2.24) is 15.3 Å². The van der Waals surface area contributed by atoms with Gasteiger partial charge >= 0.3 is 0 Å². The lowest BCUT2D eigenvalue weighted by molar-refractivity contribution is 0.174.